The molecule has 4 atom stereocenters. The number of nitrogens with one attached hydrogen (secondary N) is 1. The number of H-pyrrole nitrogens is 1. The number of halogens is 2. The first-order valence-corrected chi connectivity index (χ1v) is 6.13. The fraction of sp³-hybridized carbons (Fsp3) is 0.556. The van der Waals surface area contributed by atoms with E-state index in [0.717, 1.165) is 10.8 Å². The Hall–Kier alpha value is -0.780. The Morgan fingerprint density at radius 2 is 2.22 bits per heavy atom. The van der Waals surface area contributed by atoms with Gasteiger partial charge in [-0.05, 0) is 22.6 Å². The van der Waals surface area contributed by atoms with E-state index in [2.05, 4.69) is 0 Å². The number of aromatic nitrogens is 2. The molecule has 100 valence electrons. The minimum absolute atomic E-state index is 0.185. The molecule has 0 saturated carbocycles. The summed E-state index contributed by atoms with van der Waals surface area (Å²) in [5.41, 5.74) is -1.41. The molecule has 0 bridgehead atoms. The number of alkyl halides is 1. The van der Waals surface area contributed by atoms with Crippen LogP contribution in [0, 0.1) is 3.57 Å². The van der Waals surface area contributed by atoms with Gasteiger partial charge in [0, 0.05) is 6.20 Å². The molecule has 2 rings (SSSR count). The van der Waals surface area contributed by atoms with Gasteiger partial charge in [0.15, 0.2) is 12.4 Å². The number of hydrogen-bond acceptors (Lipinski definition) is 5. The molecule has 9 heteroatoms. The smallest absolute Gasteiger partial charge is 0.330 e. The first-order valence-electron chi connectivity index (χ1n) is 5.05. The molecule has 1 aromatic heterocycles. The molecule has 1 aromatic rings. The van der Waals surface area contributed by atoms with Gasteiger partial charge in [-0.2, -0.15) is 0 Å². The zero-order valence-electron chi connectivity index (χ0n) is 8.92. The van der Waals surface area contributed by atoms with Crippen LogP contribution in [-0.2, 0) is 4.74 Å². The van der Waals surface area contributed by atoms with Crippen molar-refractivity contribution in [2.24, 2.45) is 0 Å². The highest BCUT2D eigenvalue weighted by molar-refractivity contribution is 14.1. The van der Waals surface area contributed by atoms with Gasteiger partial charge in [-0.1, -0.05) is 0 Å². The summed E-state index contributed by atoms with van der Waals surface area (Å²) in [4.78, 5) is 24.7. The fourth-order valence-corrected chi connectivity index (χ4v) is 2.16. The third-order valence-electron chi connectivity index (χ3n) is 2.67. The maximum absolute atomic E-state index is 13.8. The van der Waals surface area contributed by atoms with Crippen LogP contribution in [0.15, 0.2) is 15.8 Å². The van der Waals surface area contributed by atoms with E-state index in [-0.39, 0.29) is 3.57 Å². The molecule has 0 radical (unpaired) electrons. The van der Waals surface area contributed by atoms with Crippen molar-refractivity contribution in [2.75, 3.05) is 6.61 Å². The maximum Gasteiger partial charge on any atom is 0.330 e. The van der Waals surface area contributed by atoms with Crippen LogP contribution in [0.3, 0.4) is 0 Å². The second-order valence-corrected chi connectivity index (χ2v) is 4.99. The van der Waals surface area contributed by atoms with Crippen LogP contribution in [0.25, 0.3) is 0 Å². The lowest BCUT2D eigenvalue weighted by molar-refractivity contribution is -0.0492. The maximum atomic E-state index is 13.8. The van der Waals surface area contributed by atoms with Crippen molar-refractivity contribution < 1.29 is 19.3 Å². The average molecular weight is 372 g/mol. The molecule has 1 unspecified atom stereocenters. The van der Waals surface area contributed by atoms with E-state index in [0.29, 0.717) is 0 Å². The lowest BCUT2D eigenvalue weighted by Gasteiger charge is -2.15. The number of aromatic amines is 1. The van der Waals surface area contributed by atoms with E-state index < -0.39 is 42.5 Å². The highest BCUT2D eigenvalue weighted by Gasteiger charge is 2.45. The van der Waals surface area contributed by atoms with Gasteiger partial charge in [-0.3, -0.25) is 14.3 Å². The van der Waals surface area contributed by atoms with E-state index in [4.69, 9.17) is 9.84 Å². The van der Waals surface area contributed by atoms with E-state index in [9.17, 15) is 19.1 Å². The van der Waals surface area contributed by atoms with Crippen LogP contribution >= 0.6 is 22.6 Å². The summed E-state index contributed by atoms with van der Waals surface area (Å²) in [6, 6.07) is 0. The van der Waals surface area contributed by atoms with Gasteiger partial charge in [-0.15, -0.1) is 0 Å². The Balaban J connectivity index is 2.42. The number of aliphatic hydroxyl groups is 2. The normalized spacial score (nSPS) is 31.8. The van der Waals surface area contributed by atoms with Crippen molar-refractivity contribution in [3.05, 3.63) is 30.6 Å². The third-order valence-corrected chi connectivity index (χ3v) is 3.44. The molecule has 0 spiro atoms. The quantitative estimate of drug-likeness (QED) is 0.562. The van der Waals surface area contributed by atoms with Gasteiger partial charge in [-0.25, -0.2) is 9.18 Å². The van der Waals surface area contributed by atoms with Gasteiger partial charge in [0.1, 0.15) is 12.2 Å². The van der Waals surface area contributed by atoms with Crippen molar-refractivity contribution in [2.45, 2.75) is 24.6 Å². The molecule has 1 aliphatic heterocycles. The van der Waals surface area contributed by atoms with E-state index in [1.54, 1.807) is 22.6 Å². The van der Waals surface area contributed by atoms with Crippen molar-refractivity contribution in [3.8, 4) is 0 Å². The molecule has 1 fully saturated rings. The molecule has 0 aromatic carbocycles. The molecule has 1 aliphatic rings. The minimum Gasteiger partial charge on any atom is -0.394 e. The molecular weight excluding hydrogens is 362 g/mol. The first kappa shape index (κ1) is 13.6. The number of ether oxygens (including phenoxy) is 1. The van der Waals surface area contributed by atoms with Crippen LogP contribution < -0.4 is 11.2 Å². The fourth-order valence-electron chi connectivity index (χ4n) is 1.73. The van der Waals surface area contributed by atoms with Gasteiger partial charge >= 0.3 is 5.69 Å². The van der Waals surface area contributed by atoms with Crippen molar-refractivity contribution in [1.82, 2.24) is 9.55 Å². The van der Waals surface area contributed by atoms with Gasteiger partial charge in [0.25, 0.3) is 5.56 Å². The largest absolute Gasteiger partial charge is 0.394 e. The highest BCUT2D eigenvalue weighted by atomic mass is 127. The molecule has 0 aliphatic carbocycles. The number of nitrogens with zero attached hydrogens (tertiary/aromatic N) is 1. The molecule has 18 heavy (non-hydrogen) atoms. The molecule has 2 heterocycles. The summed E-state index contributed by atoms with van der Waals surface area (Å²) in [5.74, 6) is 0. The summed E-state index contributed by atoms with van der Waals surface area (Å²) in [7, 11) is 0. The molecule has 1 saturated heterocycles. The second kappa shape index (κ2) is 5.07. The lowest BCUT2D eigenvalue weighted by atomic mass is 10.1. The number of hydrogen-bond donors (Lipinski definition) is 3. The second-order valence-electron chi connectivity index (χ2n) is 3.83. The highest BCUT2D eigenvalue weighted by Crippen LogP contribution is 2.30. The van der Waals surface area contributed by atoms with Crippen LogP contribution in [0.2, 0.25) is 0 Å². The topological polar surface area (TPSA) is 105 Å². The van der Waals surface area contributed by atoms with Gasteiger partial charge in [0.2, 0.25) is 0 Å². The van der Waals surface area contributed by atoms with Crippen LogP contribution in [0.5, 0.6) is 0 Å². The molecule has 3 N–H and O–H groups in total. The predicted octanol–water partition coefficient (Wildman–Crippen LogP) is -1.27. The average Bonchev–Trinajstić information content (AvgIpc) is 2.61. The first-order chi connectivity index (χ1) is 8.45. The van der Waals surface area contributed by atoms with Crippen molar-refractivity contribution >= 4 is 22.6 Å². The van der Waals surface area contributed by atoms with Crippen molar-refractivity contribution in [3.63, 3.8) is 0 Å². The predicted molar refractivity (Wildman–Crippen MR) is 65.9 cm³/mol. The number of aliphatic hydroxyl groups excluding tert-OH is 2. The summed E-state index contributed by atoms with van der Waals surface area (Å²) >= 11 is 1.69. The Labute approximate surface area is 113 Å². The summed E-state index contributed by atoms with van der Waals surface area (Å²) in [6.45, 7) is -0.562. The van der Waals surface area contributed by atoms with E-state index in [1.165, 1.54) is 0 Å². The summed E-state index contributed by atoms with van der Waals surface area (Å²) in [5, 5.41) is 18.3. The van der Waals surface area contributed by atoms with E-state index >= 15 is 0 Å². The minimum atomic E-state index is -1.86. The van der Waals surface area contributed by atoms with E-state index in [1.807, 2.05) is 4.98 Å². The number of rotatable bonds is 2. The molecule has 7 nitrogen and oxygen atoms in total. The van der Waals surface area contributed by atoms with Gasteiger partial charge < -0.3 is 14.9 Å². The SMILES string of the molecule is O=c1[nH]c(=O)n([C@@H]2O[C@H](CO)C(O)[C@@H]2F)cc1I. The monoisotopic (exact) mass is 372 g/mol. The lowest BCUT2D eigenvalue weighted by Crippen LogP contribution is -2.37. The zero-order chi connectivity index (χ0) is 13.4. The van der Waals surface area contributed by atoms with Crippen LogP contribution in [0.4, 0.5) is 4.39 Å². The van der Waals surface area contributed by atoms with Crippen LogP contribution in [0.1, 0.15) is 6.23 Å². The standard InChI is InChI=1S/C9H10FIN2O5/c10-5-6(15)4(2-14)18-8(5)13-1-3(11)7(16)12-9(13)17/h1,4-6,8,14-15H,2H2,(H,12,16,17)/t4-,5+,6?,8-/m1/s1. The van der Waals surface area contributed by atoms with Crippen molar-refractivity contribution in [1.29, 1.82) is 0 Å². The summed E-state index contributed by atoms with van der Waals surface area (Å²) < 4.78 is 19.9. The molecule has 0 amide bonds. The van der Waals surface area contributed by atoms with Gasteiger partial charge in [0.05, 0.1) is 10.2 Å². The molecular formula is C9H10FIN2O5. The third kappa shape index (κ3) is 2.22. The Morgan fingerprint density at radius 1 is 1.56 bits per heavy atom. The summed E-state index contributed by atoms with van der Waals surface area (Å²) in [6.07, 6.45) is -4.69. The Morgan fingerprint density at radius 3 is 2.78 bits per heavy atom. The zero-order valence-corrected chi connectivity index (χ0v) is 11.1. The Bertz CT molecular complexity index is 559. The van der Waals surface area contributed by atoms with Crippen LogP contribution in [-0.4, -0.2) is 44.8 Å². The Kier molecular flexibility index (Phi) is 3.84.